The van der Waals surface area contributed by atoms with Crippen LogP contribution in [0.5, 0.6) is 0 Å². The first-order valence-electron chi connectivity index (χ1n) is 9.74. The fourth-order valence-electron chi connectivity index (χ4n) is 3.44. The van der Waals surface area contributed by atoms with E-state index >= 15 is 0 Å². The van der Waals surface area contributed by atoms with E-state index in [-0.39, 0.29) is 35.6 Å². The minimum atomic E-state index is -0.546. The highest BCUT2D eigenvalue weighted by atomic mass is 16.6. The van der Waals surface area contributed by atoms with Gasteiger partial charge < -0.3 is 10.6 Å². The van der Waals surface area contributed by atoms with Gasteiger partial charge in [0.1, 0.15) is 18.4 Å². The van der Waals surface area contributed by atoms with Crippen molar-refractivity contribution in [1.29, 1.82) is 0 Å². The molecule has 11 heteroatoms. The zero-order valence-electron chi connectivity index (χ0n) is 16.6. The summed E-state index contributed by atoms with van der Waals surface area (Å²) in [6.45, 7) is 3.74. The molecule has 1 fully saturated rings. The number of hydrogen-bond donors (Lipinski definition) is 2. The third kappa shape index (κ3) is 4.79. The molecule has 0 aliphatic heterocycles. The molecule has 2 N–H and O–H groups in total. The van der Waals surface area contributed by atoms with E-state index in [0.717, 1.165) is 31.9 Å². The predicted octanol–water partition coefficient (Wildman–Crippen LogP) is 2.02. The summed E-state index contributed by atoms with van der Waals surface area (Å²) in [6, 6.07) is 0.124. The largest absolute Gasteiger partial charge is 0.348 e. The number of amides is 2. The van der Waals surface area contributed by atoms with Gasteiger partial charge in [0.05, 0.1) is 10.6 Å². The molecule has 2 heterocycles. The predicted molar refractivity (Wildman–Crippen MR) is 104 cm³/mol. The Balaban J connectivity index is 1.71. The van der Waals surface area contributed by atoms with Crippen LogP contribution in [-0.2, 0) is 17.9 Å². The summed E-state index contributed by atoms with van der Waals surface area (Å²) in [7, 11) is 0. The van der Waals surface area contributed by atoms with Crippen molar-refractivity contribution in [3.63, 3.8) is 0 Å². The Hall–Kier alpha value is -3.24. The van der Waals surface area contributed by atoms with Crippen LogP contribution in [0.25, 0.3) is 0 Å². The highest BCUT2D eigenvalue weighted by molar-refractivity contribution is 6.02. The average Bonchev–Trinajstić information content (AvgIpc) is 3.26. The van der Waals surface area contributed by atoms with Gasteiger partial charge in [-0.25, -0.2) is 0 Å². The molecule has 0 spiro atoms. The van der Waals surface area contributed by atoms with E-state index in [1.807, 2.05) is 6.92 Å². The molecule has 0 atom stereocenters. The van der Waals surface area contributed by atoms with Crippen molar-refractivity contribution in [3.8, 4) is 0 Å². The number of hydrogen-bond acceptors (Lipinski definition) is 6. The van der Waals surface area contributed by atoms with Crippen molar-refractivity contribution >= 4 is 23.2 Å². The Morgan fingerprint density at radius 3 is 2.66 bits per heavy atom. The highest BCUT2D eigenvalue weighted by Gasteiger charge is 2.23. The first kappa shape index (κ1) is 20.5. The summed E-state index contributed by atoms with van der Waals surface area (Å²) in [4.78, 5) is 35.6. The molecule has 0 saturated heterocycles. The van der Waals surface area contributed by atoms with Gasteiger partial charge in [-0.1, -0.05) is 19.3 Å². The maximum absolute atomic E-state index is 12.7. The van der Waals surface area contributed by atoms with E-state index < -0.39 is 10.8 Å². The third-order valence-electron chi connectivity index (χ3n) is 5.08. The summed E-state index contributed by atoms with van der Waals surface area (Å²) >= 11 is 0. The molecule has 11 nitrogen and oxygen atoms in total. The van der Waals surface area contributed by atoms with Crippen LogP contribution in [-0.4, -0.2) is 42.3 Å². The molecule has 3 rings (SSSR count). The number of aromatic nitrogens is 4. The molecule has 1 aliphatic rings. The molecule has 0 aromatic carbocycles. The lowest BCUT2D eigenvalue weighted by atomic mass is 9.95. The molecule has 2 aromatic rings. The summed E-state index contributed by atoms with van der Waals surface area (Å²) in [5.41, 5.74) is 0.604. The van der Waals surface area contributed by atoms with Gasteiger partial charge in [-0.05, 0) is 26.7 Å². The van der Waals surface area contributed by atoms with Crippen molar-refractivity contribution in [2.24, 2.45) is 0 Å². The van der Waals surface area contributed by atoms with Gasteiger partial charge in [-0.15, -0.1) is 0 Å². The number of nitrogens with zero attached hydrogens (tertiary/aromatic N) is 5. The number of aryl methyl sites for hydroxylation is 1. The maximum atomic E-state index is 12.7. The van der Waals surface area contributed by atoms with E-state index in [0.29, 0.717) is 12.2 Å². The number of carbonyl (C=O) groups excluding carboxylic acids is 2. The summed E-state index contributed by atoms with van der Waals surface area (Å²) < 4.78 is 2.83. The summed E-state index contributed by atoms with van der Waals surface area (Å²) in [5.74, 6) is -0.765. The van der Waals surface area contributed by atoms with Gasteiger partial charge in [0, 0.05) is 18.8 Å². The number of rotatable bonds is 7. The van der Waals surface area contributed by atoms with Crippen molar-refractivity contribution < 1.29 is 14.5 Å². The molecule has 0 bridgehead atoms. The molecule has 156 valence electrons. The number of anilines is 1. The minimum Gasteiger partial charge on any atom is -0.348 e. The molecular formula is C18H25N7O4. The SMILES string of the molecule is CCn1cc(NC(=O)Cn2ncc([N+](=O)[O-])c2C)c(C(=O)NC2CCCCC2)n1. The van der Waals surface area contributed by atoms with Gasteiger partial charge in [0.25, 0.3) is 5.91 Å². The van der Waals surface area contributed by atoms with E-state index in [9.17, 15) is 19.7 Å². The van der Waals surface area contributed by atoms with Crippen LogP contribution in [0.1, 0.15) is 55.2 Å². The normalized spacial score (nSPS) is 14.6. The Bertz CT molecular complexity index is 911. The molecule has 0 radical (unpaired) electrons. The Labute approximate surface area is 167 Å². The van der Waals surface area contributed by atoms with Crippen LogP contribution in [0.2, 0.25) is 0 Å². The molecule has 0 unspecified atom stereocenters. The van der Waals surface area contributed by atoms with Crippen LogP contribution < -0.4 is 10.6 Å². The molecule has 29 heavy (non-hydrogen) atoms. The van der Waals surface area contributed by atoms with Gasteiger partial charge in [-0.2, -0.15) is 10.2 Å². The third-order valence-corrected chi connectivity index (χ3v) is 5.08. The van der Waals surface area contributed by atoms with Crippen LogP contribution in [0, 0.1) is 17.0 Å². The zero-order valence-corrected chi connectivity index (χ0v) is 16.6. The molecule has 1 aliphatic carbocycles. The van der Waals surface area contributed by atoms with Gasteiger partial charge >= 0.3 is 5.69 Å². The molecular weight excluding hydrogens is 378 g/mol. The Kier molecular flexibility index (Phi) is 6.25. The average molecular weight is 403 g/mol. The highest BCUT2D eigenvalue weighted by Crippen LogP contribution is 2.20. The van der Waals surface area contributed by atoms with Crippen molar-refractivity contribution in [3.05, 3.63) is 33.9 Å². The quantitative estimate of drug-likeness (QED) is 0.536. The van der Waals surface area contributed by atoms with E-state index in [1.54, 1.807) is 10.9 Å². The Morgan fingerprint density at radius 1 is 1.31 bits per heavy atom. The number of carbonyl (C=O) groups is 2. The van der Waals surface area contributed by atoms with Crippen molar-refractivity contribution in [2.45, 2.75) is 65.1 Å². The van der Waals surface area contributed by atoms with Crippen LogP contribution in [0.3, 0.4) is 0 Å². The van der Waals surface area contributed by atoms with Gasteiger partial charge in [0.15, 0.2) is 5.69 Å². The summed E-state index contributed by atoms with van der Waals surface area (Å²) in [5, 5.41) is 24.8. The second kappa shape index (κ2) is 8.84. The standard InChI is InChI=1S/C18H25N7O4/c1-3-23-10-14(17(22-23)18(27)20-13-7-5-4-6-8-13)21-16(26)11-24-12(2)15(9-19-24)25(28)29/h9-10,13H,3-8,11H2,1-2H3,(H,20,27)(H,21,26). The fourth-order valence-corrected chi connectivity index (χ4v) is 3.44. The van der Waals surface area contributed by atoms with Crippen LogP contribution in [0.4, 0.5) is 11.4 Å². The lowest BCUT2D eigenvalue weighted by Crippen LogP contribution is -2.37. The van der Waals surface area contributed by atoms with E-state index in [1.165, 1.54) is 18.0 Å². The number of nitrogens with one attached hydrogen (secondary N) is 2. The van der Waals surface area contributed by atoms with Gasteiger partial charge in [-0.3, -0.25) is 29.1 Å². The lowest BCUT2D eigenvalue weighted by molar-refractivity contribution is -0.385. The van der Waals surface area contributed by atoms with Crippen LogP contribution in [0.15, 0.2) is 12.4 Å². The zero-order chi connectivity index (χ0) is 21.0. The molecule has 1 saturated carbocycles. The first-order chi connectivity index (χ1) is 13.9. The lowest BCUT2D eigenvalue weighted by Gasteiger charge is -2.22. The minimum absolute atomic E-state index is 0.124. The van der Waals surface area contributed by atoms with Crippen molar-refractivity contribution in [1.82, 2.24) is 24.9 Å². The second-order valence-electron chi connectivity index (χ2n) is 7.13. The van der Waals surface area contributed by atoms with Crippen LogP contribution >= 0.6 is 0 Å². The first-order valence-corrected chi connectivity index (χ1v) is 9.74. The number of nitro groups is 1. The van der Waals surface area contributed by atoms with Crippen molar-refractivity contribution in [2.75, 3.05) is 5.32 Å². The monoisotopic (exact) mass is 403 g/mol. The molecule has 2 aromatic heterocycles. The second-order valence-corrected chi connectivity index (χ2v) is 7.13. The Morgan fingerprint density at radius 2 is 2.03 bits per heavy atom. The fraction of sp³-hybridized carbons (Fsp3) is 0.556. The van der Waals surface area contributed by atoms with Gasteiger partial charge in [0.2, 0.25) is 5.91 Å². The summed E-state index contributed by atoms with van der Waals surface area (Å²) in [6.07, 6.45) is 7.97. The van der Waals surface area contributed by atoms with E-state index in [2.05, 4.69) is 20.8 Å². The molecule has 2 amide bonds. The topological polar surface area (TPSA) is 137 Å². The smallest absolute Gasteiger partial charge is 0.309 e. The maximum Gasteiger partial charge on any atom is 0.309 e. The van der Waals surface area contributed by atoms with E-state index in [4.69, 9.17) is 0 Å².